The Morgan fingerprint density at radius 2 is 1.63 bits per heavy atom. The van der Waals surface area contributed by atoms with E-state index in [9.17, 15) is 4.39 Å². The first-order valence-electron chi connectivity index (χ1n) is 5.52. The molecule has 2 aromatic carbocycles. The smallest absolute Gasteiger partial charge is 0.161 e. The standard InChI is InChI=1S/C14H7Cl2FN2/c15-9-3-6-12-11(7-9)13(16)19-14(18-12)8-1-4-10(17)5-2-8/h1-7H. The Morgan fingerprint density at radius 1 is 0.895 bits per heavy atom. The third-order valence-corrected chi connectivity index (χ3v) is 3.24. The average molecular weight is 293 g/mol. The fourth-order valence-corrected chi connectivity index (χ4v) is 2.19. The van der Waals surface area contributed by atoms with Crippen LogP contribution in [0.1, 0.15) is 0 Å². The van der Waals surface area contributed by atoms with E-state index >= 15 is 0 Å². The van der Waals surface area contributed by atoms with Gasteiger partial charge in [-0.05, 0) is 42.5 Å². The summed E-state index contributed by atoms with van der Waals surface area (Å²) >= 11 is 12.0. The van der Waals surface area contributed by atoms with Crippen molar-refractivity contribution in [2.24, 2.45) is 0 Å². The van der Waals surface area contributed by atoms with Gasteiger partial charge in [0.05, 0.1) is 5.52 Å². The lowest BCUT2D eigenvalue weighted by molar-refractivity contribution is 0.628. The lowest BCUT2D eigenvalue weighted by atomic mass is 10.2. The molecule has 0 saturated carbocycles. The van der Waals surface area contributed by atoms with Crippen molar-refractivity contribution in [1.29, 1.82) is 0 Å². The molecule has 0 unspecified atom stereocenters. The van der Waals surface area contributed by atoms with Crippen LogP contribution in [0, 0.1) is 5.82 Å². The molecule has 3 aromatic rings. The highest BCUT2D eigenvalue weighted by Crippen LogP contribution is 2.27. The maximum absolute atomic E-state index is 12.9. The summed E-state index contributed by atoms with van der Waals surface area (Å²) in [5.74, 6) is 0.155. The van der Waals surface area contributed by atoms with Crippen LogP contribution in [-0.4, -0.2) is 9.97 Å². The Labute approximate surface area is 118 Å². The third-order valence-electron chi connectivity index (χ3n) is 2.71. The summed E-state index contributed by atoms with van der Waals surface area (Å²) in [6.45, 7) is 0. The van der Waals surface area contributed by atoms with Crippen molar-refractivity contribution >= 4 is 34.1 Å². The summed E-state index contributed by atoms with van der Waals surface area (Å²) < 4.78 is 12.9. The lowest BCUT2D eigenvalue weighted by Gasteiger charge is -2.05. The molecule has 2 nitrogen and oxygen atoms in total. The summed E-state index contributed by atoms with van der Waals surface area (Å²) in [6, 6.07) is 11.2. The van der Waals surface area contributed by atoms with Gasteiger partial charge in [0.1, 0.15) is 11.0 Å². The molecule has 1 aromatic heterocycles. The first-order chi connectivity index (χ1) is 9.13. The van der Waals surface area contributed by atoms with Crippen LogP contribution in [0.4, 0.5) is 4.39 Å². The van der Waals surface area contributed by atoms with Gasteiger partial charge in [0.15, 0.2) is 5.82 Å². The van der Waals surface area contributed by atoms with Gasteiger partial charge < -0.3 is 0 Å². The van der Waals surface area contributed by atoms with E-state index in [1.807, 2.05) is 0 Å². The number of benzene rings is 2. The van der Waals surface area contributed by atoms with Crippen LogP contribution in [0.15, 0.2) is 42.5 Å². The van der Waals surface area contributed by atoms with E-state index in [-0.39, 0.29) is 5.82 Å². The summed E-state index contributed by atoms with van der Waals surface area (Å²) in [5.41, 5.74) is 1.41. The Hall–Kier alpha value is -1.71. The molecule has 19 heavy (non-hydrogen) atoms. The van der Waals surface area contributed by atoms with Crippen LogP contribution in [0.2, 0.25) is 10.2 Å². The highest BCUT2D eigenvalue weighted by Gasteiger charge is 2.08. The Morgan fingerprint density at radius 3 is 2.37 bits per heavy atom. The fourth-order valence-electron chi connectivity index (χ4n) is 1.79. The van der Waals surface area contributed by atoms with Crippen molar-refractivity contribution in [3.8, 4) is 11.4 Å². The molecule has 0 bridgehead atoms. The molecule has 5 heteroatoms. The zero-order valence-electron chi connectivity index (χ0n) is 9.57. The van der Waals surface area contributed by atoms with Gasteiger partial charge in [-0.3, -0.25) is 0 Å². The van der Waals surface area contributed by atoms with Gasteiger partial charge in [0, 0.05) is 16.0 Å². The first-order valence-corrected chi connectivity index (χ1v) is 6.28. The van der Waals surface area contributed by atoms with E-state index < -0.39 is 0 Å². The van der Waals surface area contributed by atoms with Crippen molar-refractivity contribution in [3.63, 3.8) is 0 Å². The van der Waals surface area contributed by atoms with Crippen molar-refractivity contribution < 1.29 is 4.39 Å². The van der Waals surface area contributed by atoms with Gasteiger partial charge in [-0.25, -0.2) is 14.4 Å². The van der Waals surface area contributed by atoms with Gasteiger partial charge in [-0.15, -0.1) is 0 Å². The van der Waals surface area contributed by atoms with Crippen LogP contribution in [-0.2, 0) is 0 Å². The molecule has 0 aliphatic rings. The largest absolute Gasteiger partial charge is 0.228 e. The molecule has 0 spiro atoms. The van der Waals surface area contributed by atoms with Crippen LogP contribution >= 0.6 is 23.2 Å². The first kappa shape index (κ1) is 12.3. The molecule has 0 aliphatic heterocycles. The van der Waals surface area contributed by atoms with Crippen LogP contribution in [0.5, 0.6) is 0 Å². The van der Waals surface area contributed by atoms with E-state index in [1.54, 1.807) is 30.3 Å². The summed E-state index contributed by atoms with van der Waals surface area (Å²) in [4.78, 5) is 8.62. The second-order valence-corrected chi connectivity index (χ2v) is 4.80. The highest BCUT2D eigenvalue weighted by atomic mass is 35.5. The second-order valence-electron chi connectivity index (χ2n) is 4.01. The van der Waals surface area contributed by atoms with Gasteiger partial charge in [0.25, 0.3) is 0 Å². The highest BCUT2D eigenvalue weighted by molar-refractivity contribution is 6.35. The molecule has 1 heterocycles. The van der Waals surface area contributed by atoms with E-state index in [0.29, 0.717) is 32.5 Å². The average Bonchev–Trinajstić information content (AvgIpc) is 2.40. The molecule has 94 valence electrons. The van der Waals surface area contributed by atoms with Crippen LogP contribution in [0.3, 0.4) is 0 Å². The molecular weight excluding hydrogens is 286 g/mol. The maximum Gasteiger partial charge on any atom is 0.161 e. The monoisotopic (exact) mass is 292 g/mol. The van der Waals surface area contributed by atoms with Gasteiger partial charge in [0.2, 0.25) is 0 Å². The Balaban J connectivity index is 2.20. The molecule has 0 fully saturated rings. The lowest BCUT2D eigenvalue weighted by Crippen LogP contribution is -1.92. The molecule has 0 amide bonds. The molecule has 0 aliphatic carbocycles. The van der Waals surface area contributed by atoms with Crippen molar-refractivity contribution in [3.05, 3.63) is 58.5 Å². The topological polar surface area (TPSA) is 25.8 Å². The minimum absolute atomic E-state index is 0.303. The van der Waals surface area contributed by atoms with Gasteiger partial charge >= 0.3 is 0 Å². The summed E-state index contributed by atoms with van der Waals surface area (Å²) in [6.07, 6.45) is 0. The van der Waals surface area contributed by atoms with Crippen molar-refractivity contribution in [2.75, 3.05) is 0 Å². The van der Waals surface area contributed by atoms with E-state index in [2.05, 4.69) is 9.97 Å². The number of fused-ring (bicyclic) bond motifs is 1. The molecular formula is C14H7Cl2FN2. The third kappa shape index (κ3) is 2.39. The molecule has 3 rings (SSSR count). The van der Waals surface area contributed by atoms with Gasteiger partial charge in [-0.2, -0.15) is 0 Å². The number of hydrogen-bond donors (Lipinski definition) is 0. The van der Waals surface area contributed by atoms with Gasteiger partial charge in [-0.1, -0.05) is 23.2 Å². The fraction of sp³-hybridized carbons (Fsp3) is 0. The molecule has 0 radical (unpaired) electrons. The quantitative estimate of drug-likeness (QED) is 0.605. The predicted molar refractivity (Wildman–Crippen MR) is 75.0 cm³/mol. The minimum Gasteiger partial charge on any atom is -0.228 e. The predicted octanol–water partition coefficient (Wildman–Crippen LogP) is 4.74. The Bertz CT molecular complexity index is 757. The molecule has 0 atom stereocenters. The number of halogens is 3. The van der Waals surface area contributed by atoms with Crippen molar-refractivity contribution in [2.45, 2.75) is 0 Å². The number of nitrogens with zero attached hydrogens (tertiary/aromatic N) is 2. The van der Waals surface area contributed by atoms with E-state index in [4.69, 9.17) is 23.2 Å². The molecule has 0 N–H and O–H groups in total. The maximum atomic E-state index is 12.9. The number of rotatable bonds is 1. The summed E-state index contributed by atoms with van der Waals surface area (Å²) in [7, 11) is 0. The van der Waals surface area contributed by atoms with Crippen LogP contribution in [0.25, 0.3) is 22.3 Å². The van der Waals surface area contributed by atoms with E-state index in [1.165, 1.54) is 12.1 Å². The second kappa shape index (κ2) is 4.76. The zero-order chi connectivity index (χ0) is 13.4. The molecule has 0 saturated heterocycles. The normalized spacial score (nSPS) is 10.9. The van der Waals surface area contributed by atoms with Crippen LogP contribution < -0.4 is 0 Å². The van der Waals surface area contributed by atoms with E-state index in [0.717, 1.165) is 0 Å². The SMILES string of the molecule is Fc1ccc(-c2nc(Cl)c3cc(Cl)ccc3n2)cc1. The minimum atomic E-state index is -0.303. The Kier molecular flexibility index (Phi) is 3.09. The number of hydrogen-bond acceptors (Lipinski definition) is 2. The van der Waals surface area contributed by atoms with Crippen molar-refractivity contribution in [1.82, 2.24) is 9.97 Å². The zero-order valence-corrected chi connectivity index (χ0v) is 11.1. The number of aromatic nitrogens is 2. The summed E-state index contributed by atoms with van der Waals surface area (Å²) in [5, 5.41) is 1.60.